The lowest BCUT2D eigenvalue weighted by atomic mass is 10.2. The number of phenolic OH excluding ortho intramolecular Hbond substituents is 1. The number of carbonyl (C=O) groups is 1. The summed E-state index contributed by atoms with van der Waals surface area (Å²) in [5.41, 5.74) is 0.384. The molecule has 2 N–H and O–H groups in total. The van der Waals surface area contributed by atoms with Gasteiger partial charge in [0.2, 0.25) is 0 Å². The molecule has 1 aromatic rings. The van der Waals surface area contributed by atoms with E-state index < -0.39 is 0 Å². The van der Waals surface area contributed by atoms with Crippen molar-refractivity contribution in [3.63, 3.8) is 0 Å². The Kier molecular flexibility index (Phi) is 2.04. The van der Waals surface area contributed by atoms with Crippen LogP contribution in [0.25, 0.3) is 0 Å². The number of ether oxygens (including phenoxy) is 1. The minimum Gasteiger partial charge on any atom is -0.508 e. The van der Waals surface area contributed by atoms with Crippen molar-refractivity contribution in [1.82, 2.24) is 5.32 Å². The number of nitrogens with one attached hydrogen (secondary N) is 1. The fourth-order valence-electron chi connectivity index (χ4n) is 1.38. The number of rotatable bonds is 0. The minimum atomic E-state index is -0.207. The van der Waals surface area contributed by atoms with E-state index in [4.69, 9.17) is 4.74 Å². The number of hydrogen-bond acceptors (Lipinski definition) is 3. The van der Waals surface area contributed by atoms with E-state index in [1.807, 2.05) is 6.92 Å². The number of carbonyl (C=O) groups excluding carboxylic acids is 1. The van der Waals surface area contributed by atoms with E-state index in [0.29, 0.717) is 17.9 Å². The lowest BCUT2D eigenvalue weighted by Crippen LogP contribution is -2.33. The molecule has 1 aromatic carbocycles. The monoisotopic (exact) mass is 193 g/mol. The first kappa shape index (κ1) is 8.87. The molecule has 1 aliphatic rings. The summed E-state index contributed by atoms with van der Waals surface area (Å²) in [6, 6.07) is 4.49. The fraction of sp³-hybridized carbons (Fsp3) is 0.300. The van der Waals surface area contributed by atoms with Gasteiger partial charge < -0.3 is 15.2 Å². The Morgan fingerprint density at radius 1 is 1.57 bits per heavy atom. The molecule has 0 bridgehead atoms. The van der Waals surface area contributed by atoms with E-state index in [2.05, 4.69) is 5.32 Å². The second-order valence-corrected chi connectivity index (χ2v) is 3.37. The molecule has 1 atom stereocenters. The van der Waals surface area contributed by atoms with Crippen LogP contribution in [0.4, 0.5) is 0 Å². The van der Waals surface area contributed by atoms with Gasteiger partial charge in [-0.25, -0.2) is 0 Å². The van der Waals surface area contributed by atoms with Crippen molar-refractivity contribution in [2.45, 2.75) is 13.0 Å². The highest BCUT2D eigenvalue weighted by Crippen LogP contribution is 2.25. The summed E-state index contributed by atoms with van der Waals surface area (Å²) in [6.07, 6.45) is 0. The Balaban J connectivity index is 2.44. The molecule has 1 amide bonds. The van der Waals surface area contributed by atoms with Crippen molar-refractivity contribution >= 4 is 5.91 Å². The Labute approximate surface area is 81.5 Å². The van der Waals surface area contributed by atoms with Crippen molar-refractivity contribution in [3.05, 3.63) is 23.8 Å². The molecule has 4 heteroatoms. The van der Waals surface area contributed by atoms with E-state index in [1.54, 1.807) is 6.07 Å². The molecule has 0 aliphatic carbocycles. The molecule has 14 heavy (non-hydrogen) atoms. The number of aromatic hydroxyl groups is 1. The van der Waals surface area contributed by atoms with E-state index in [0.717, 1.165) is 0 Å². The summed E-state index contributed by atoms with van der Waals surface area (Å²) in [6.45, 7) is 2.31. The van der Waals surface area contributed by atoms with Crippen molar-refractivity contribution < 1.29 is 14.6 Å². The largest absolute Gasteiger partial charge is 0.508 e. The van der Waals surface area contributed by atoms with Gasteiger partial charge in [0.15, 0.2) is 0 Å². The molecular weight excluding hydrogens is 182 g/mol. The van der Waals surface area contributed by atoms with Crippen molar-refractivity contribution in [1.29, 1.82) is 0 Å². The summed E-state index contributed by atoms with van der Waals surface area (Å²) in [5.74, 6) is 0.377. The summed E-state index contributed by atoms with van der Waals surface area (Å²) in [7, 11) is 0. The van der Waals surface area contributed by atoms with E-state index in [9.17, 15) is 9.90 Å². The molecule has 0 radical (unpaired) electrons. The molecule has 1 heterocycles. The van der Waals surface area contributed by atoms with Crippen LogP contribution in [0.2, 0.25) is 0 Å². The molecule has 1 aliphatic heterocycles. The Hall–Kier alpha value is -1.71. The maximum atomic E-state index is 11.6. The molecule has 1 unspecified atom stereocenters. The highest BCUT2D eigenvalue weighted by Gasteiger charge is 2.20. The zero-order valence-electron chi connectivity index (χ0n) is 7.78. The summed E-state index contributed by atoms with van der Waals surface area (Å²) >= 11 is 0. The molecule has 0 saturated carbocycles. The second-order valence-electron chi connectivity index (χ2n) is 3.37. The third kappa shape index (κ3) is 1.51. The van der Waals surface area contributed by atoms with Gasteiger partial charge in [0.1, 0.15) is 18.1 Å². The van der Waals surface area contributed by atoms with Gasteiger partial charge in [-0.05, 0) is 25.1 Å². The summed E-state index contributed by atoms with van der Waals surface area (Å²) in [4.78, 5) is 11.6. The normalized spacial score (nSPS) is 20.4. The van der Waals surface area contributed by atoms with Crippen LogP contribution in [0.3, 0.4) is 0 Å². The van der Waals surface area contributed by atoms with Crippen LogP contribution in [0, 0.1) is 0 Å². The highest BCUT2D eigenvalue weighted by molar-refractivity contribution is 5.97. The van der Waals surface area contributed by atoms with Gasteiger partial charge in [-0.1, -0.05) is 0 Å². The smallest absolute Gasteiger partial charge is 0.255 e. The zero-order valence-corrected chi connectivity index (χ0v) is 7.78. The number of amides is 1. The minimum absolute atomic E-state index is 0.0166. The molecule has 4 nitrogen and oxygen atoms in total. The Morgan fingerprint density at radius 3 is 3.14 bits per heavy atom. The number of phenols is 1. The van der Waals surface area contributed by atoms with Crippen LogP contribution in [0.1, 0.15) is 17.3 Å². The van der Waals surface area contributed by atoms with Gasteiger partial charge in [-0.2, -0.15) is 0 Å². The van der Waals surface area contributed by atoms with Crippen LogP contribution in [-0.4, -0.2) is 23.7 Å². The second kappa shape index (κ2) is 3.21. The SMILES string of the molecule is CC1COc2ccc(O)cc2C(=O)N1. The van der Waals surface area contributed by atoms with Crippen LogP contribution in [0.15, 0.2) is 18.2 Å². The molecule has 0 aromatic heterocycles. The van der Waals surface area contributed by atoms with Gasteiger partial charge in [0, 0.05) is 0 Å². The standard InChI is InChI=1S/C10H11NO3/c1-6-5-14-9-3-2-7(12)4-8(9)10(13)11-6/h2-4,6,12H,5H2,1H3,(H,11,13). The van der Waals surface area contributed by atoms with E-state index >= 15 is 0 Å². The van der Waals surface area contributed by atoms with Crippen LogP contribution in [-0.2, 0) is 0 Å². The highest BCUT2D eigenvalue weighted by atomic mass is 16.5. The van der Waals surface area contributed by atoms with Crippen molar-refractivity contribution in [2.24, 2.45) is 0 Å². The van der Waals surface area contributed by atoms with Gasteiger partial charge in [0.05, 0.1) is 11.6 Å². The maximum absolute atomic E-state index is 11.6. The fourth-order valence-corrected chi connectivity index (χ4v) is 1.38. The Bertz CT molecular complexity index is 376. The number of hydrogen-bond donors (Lipinski definition) is 2. The van der Waals surface area contributed by atoms with Gasteiger partial charge in [-0.15, -0.1) is 0 Å². The van der Waals surface area contributed by atoms with Crippen LogP contribution < -0.4 is 10.1 Å². The predicted octanol–water partition coefficient (Wildman–Crippen LogP) is 0.903. The van der Waals surface area contributed by atoms with E-state index in [-0.39, 0.29) is 17.7 Å². The van der Waals surface area contributed by atoms with Crippen molar-refractivity contribution in [2.75, 3.05) is 6.61 Å². The molecule has 0 saturated heterocycles. The summed E-state index contributed by atoms with van der Waals surface area (Å²) in [5, 5.41) is 12.0. The molecule has 0 fully saturated rings. The average molecular weight is 193 g/mol. The first-order valence-corrected chi connectivity index (χ1v) is 4.43. The number of benzene rings is 1. The Morgan fingerprint density at radius 2 is 2.36 bits per heavy atom. The van der Waals surface area contributed by atoms with Crippen LogP contribution >= 0.6 is 0 Å². The molecule has 74 valence electrons. The van der Waals surface area contributed by atoms with Crippen LogP contribution in [0.5, 0.6) is 11.5 Å². The third-order valence-electron chi connectivity index (χ3n) is 2.07. The van der Waals surface area contributed by atoms with Gasteiger partial charge >= 0.3 is 0 Å². The van der Waals surface area contributed by atoms with Gasteiger partial charge in [0.25, 0.3) is 5.91 Å². The lowest BCUT2D eigenvalue weighted by Gasteiger charge is -2.07. The number of fused-ring (bicyclic) bond motifs is 1. The third-order valence-corrected chi connectivity index (χ3v) is 2.07. The van der Waals surface area contributed by atoms with E-state index in [1.165, 1.54) is 12.1 Å². The molecule has 0 spiro atoms. The zero-order chi connectivity index (χ0) is 10.1. The summed E-state index contributed by atoms with van der Waals surface area (Å²) < 4.78 is 5.39. The molecular formula is C10H11NO3. The van der Waals surface area contributed by atoms with Crippen molar-refractivity contribution in [3.8, 4) is 11.5 Å². The lowest BCUT2D eigenvalue weighted by molar-refractivity contribution is 0.0942. The topological polar surface area (TPSA) is 58.6 Å². The first-order valence-electron chi connectivity index (χ1n) is 4.43. The van der Waals surface area contributed by atoms with Gasteiger partial charge in [-0.3, -0.25) is 4.79 Å². The predicted molar refractivity (Wildman–Crippen MR) is 50.5 cm³/mol. The maximum Gasteiger partial charge on any atom is 0.255 e. The quantitative estimate of drug-likeness (QED) is 0.643. The first-order chi connectivity index (χ1) is 6.66. The molecule has 2 rings (SSSR count). The average Bonchev–Trinajstić information content (AvgIpc) is 2.27.